The fourth-order valence-electron chi connectivity index (χ4n) is 2.81. The minimum absolute atomic E-state index is 0.00442. The van der Waals surface area contributed by atoms with Crippen LogP contribution in [0.1, 0.15) is 15.9 Å². The number of methoxy groups -OCH3 is 1. The van der Waals surface area contributed by atoms with E-state index in [1.165, 1.54) is 31.0 Å². The topological polar surface area (TPSA) is 89.7 Å². The molecule has 0 bridgehead atoms. The fraction of sp³-hybridized carbons (Fsp3) is 0.0952. The first kappa shape index (κ1) is 19.4. The van der Waals surface area contributed by atoms with E-state index in [4.69, 9.17) is 4.74 Å². The monoisotopic (exact) mass is 395 g/mol. The number of phenols is 1. The third kappa shape index (κ3) is 3.84. The Labute approximate surface area is 165 Å². The zero-order valence-electron chi connectivity index (χ0n) is 15.2. The molecule has 0 aliphatic rings. The molecule has 3 rings (SSSR count). The molecule has 0 saturated heterocycles. The number of non-ortho nitro benzene ring substituents is 1. The highest BCUT2D eigenvalue weighted by Gasteiger charge is 2.24. The maximum atomic E-state index is 12.4. The highest BCUT2D eigenvalue weighted by atomic mass is 32.2. The van der Waals surface area contributed by atoms with Crippen LogP contribution in [-0.4, -0.2) is 23.1 Å². The van der Waals surface area contributed by atoms with Gasteiger partial charge < -0.3 is 9.84 Å². The van der Waals surface area contributed by atoms with Crippen LogP contribution in [0.5, 0.6) is 5.75 Å². The second-order valence-corrected chi connectivity index (χ2v) is 7.12. The summed E-state index contributed by atoms with van der Waals surface area (Å²) in [5.74, 6) is -0.760. The molecule has 0 heterocycles. The van der Waals surface area contributed by atoms with Crippen LogP contribution in [0.25, 0.3) is 11.1 Å². The van der Waals surface area contributed by atoms with Crippen molar-refractivity contribution in [2.24, 2.45) is 0 Å². The van der Waals surface area contributed by atoms with Crippen molar-refractivity contribution in [3.8, 4) is 16.9 Å². The number of phenolic OH excluding ortho intramolecular Hbond substituents is 1. The summed E-state index contributed by atoms with van der Waals surface area (Å²) < 4.78 is 4.90. The second kappa shape index (κ2) is 8.14. The van der Waals surface area contributed by atoms with E-state index in [0.29, 0.717) is 11.1 Å². The van der Waals surface area contributed by atoms with Gasteiger partial charge in [-0.1, -0.05) is 42.1 Å². The number of rotatable bonds is 5. The van der Waals surface area contributed by atoms with Crippen molar-refractivity contribution in [3.63, 3.8) is 0 Å². The Balaban J connectivity index is 2.18. The SMILES string of the molecule is COC(=O)c1c(O)c(C)cc(Sc2ccc([N+](=O)[O-])cc2)c1-c1ccccc1. The first-order valence-electron chi connectivity index (χ1n) is 8.35. The molecule has 0 radical (unpaired) electrons. The van der Waals surface area contributed by atoms with Gasteiger partial charge in [-0.3, -0.25) is 10.1 Å². The molecule has 0 aromatic heterocycles. The smallest absolute Gasteiger partial charge is 0.342 e. The van der Waals surface area contributed by atoms with Crippen molar-refractivity contribution in [1.82, 2.24) is 0 Å². The fourth-order valence-corrected chi connectivity index (χ4v) is 3.90. The molecule has 6 nitrogen and oxygen atoms in total. The number of nitro benzene ring substituents is 1. The number of nitro groups is 1. The predicted molar refractivity (Wildman–Crippen MR) is 107 cm³/mol. The van der Waals surface area contributed by atoms with E-state index in [-0.39, 0.29) is 17.0 Å². The van der Waals surface area contributed by atoms with E-state index in [0.717, 1.165) is 15.4 Å². The van der Waals surface area contributed by atoms with E-state index in [9.17, 15) is 20.0 Å². The normalized spacial score (nSPS) is 10.5. The van der Waals surface area contributed by atoms with Crippen molar-refractivity contribution in [2.45, 2.75) is 16.7 Å². The van der Waals surface area contributed by atoms with Gasteiger partial charge in [0.2, 0.25) is 0 Å². The number of aromatic hydroxyl groups is 1. The average molecular weight is 395 g/mol. The van der Waals surface area contributed by atoms with Gasteiger partial charge in [-0.15, -0.1) is 0 Å². The van der Waals surface area contributed by atoms with Crippen LogP contribution < -0.4 is 0 Å². The van der Waals surface area contributed by atoms with Gasteiger partial charge in [0.1, 0.15) is 11.3 Å². The summed E-state index contributed by atoms with van der Waals surface area (Å²) in [5, 5.41) is 21.4. The van der Waals surface area contributed by atoms with Crippen LogP contribution in [0.3, 0.4) is 0 Å². The number of nitrogens with zero attached hydrogens (tertiary/aromatic N) is 1. The van der Waals surface area contributed by atoms with E-state index >= 15 is 0 Å². The molecule has 0 fully saturated rings. The van der Waals surface area contributed by atoms with Crippen LogP contribution in [0.4, 0.5) is 5.69 Å². The molecule has 142 valence electrons. The van der Waals surface area contributed by atoms with Gasteiger partial charge in [0.25, 0.3) is 5.69 Å². The van der Waals surface area contributed by atoms with Crippen LogP contribution in [0.2, 0.25) is 0 Å². The highest BCUT2D eigenvalue weighted by molar-refractivity contribution is 7.99. The number of carbonyl (C=O) groups is 1. The van der Waals surface area contributed by atoms with Crippen molar-refractivity contribution in [1.29, 1.82) is 0 Å². The molecular formula is C21H17NO5S. The lowest BCUT2D eigenvalue weighted by atomic mass is 9.96. The largest absolute Gasteiger partial charge is 0.507 e. The second-order valence-electron chi connectivity index (χ2n) is 6.00. The van der Waals surface area contributed by atoms with Gasteiger partial charge in [-0.2, -0.15) is 0 Å². The summed E-state index contributed by atoms with van der Waals surface area (Å²) in [4.78, 5) is 24.3. The van der Waals surface area contributed by atoms with E-state index in [1.54, 1.807) is 25.1 Å². The summed E-state index contributed by atoms with van der Waals surface area (Å²) in [6.07, 6.45) is 0. The maximum absolute atomic E-state index is 12.4. The lowest BCUT2D eigenvalue weighted by molar-refractivity contribution is -0.384. The molecule has 3 aromatic rings. The Bertz CT molecular complexity index is 1030. The molecule has 28 heavy (non-hydrogen) atoms. The lowest BCUT2D eigenvalue weighted by Crippen LogP contribution is -2.06. The Morgan fingerprint density at radius 2 is 1.75 bits per heavy atom. The Hall–Kier alpha value is -3.32. The first-order valence-corrected chi connectivity index (χ1v) is 9.16. The molecule has 3 aromatic carbocycles. The van der Waals surface area contributed by atoms with Crippen molar-refractivity contribution in [3.05, 3.63) is 81.9 Å². The standard InChI is InChI=1S/C21H17NO5S/c1-13-12-17(28-16-10-8-15(9-11-16)22(25)26)18(14-6-4-3-5-7-14)19(20(13)23)21(24)27-2/h3-12,23H,1-2H3. The molecule has 7 heteroatoms. The highest BCUT2D eigenvalue weighted by Crippen LogP contribution is 2.43. The van der Waals surface area contributed by atoms with Crippen LogP contribution in [0, 0.1) is 17.0 Å². The number of carbonyl (C=O) groups excluding carboxylic acids is 1. The van der Waals surface area contributed by atoms with Gasteiger partial charge >= 0.3 is 5.97 Å². The van der Waals surface area contributed by atoms with Crippen LogP contribution in [-0.2, 0) is 4.74 Å². The maximum Gasteiger partial charge on any atom is 0.342 e. The number of ether oxygens (including phenoxy) is 1. The van der Waals surface area contributed by atoms with E-state index in [2.05, 4.69) is 0 Å². The van der Waals surface area contributed by atoms with Crippen molar-refractivity contribution >= 4 is 23.4 Å². The van der Waals surface area contributed by atoms with E-state index < -0.39 is 10.9 Å². The summed E-state index contributed by atoms with van der Waals surface area (Å²) >= 11 is 1.35. The summed E-state index contributed by atoms with van der Waals surface area (Å²) in [7, 11) is 1.27. The number of benzene rings is 3. The minimum Gasteiger partial charge on any atom is -0.507 e. The molecule has 0 aliphatic heterocycles. The average Bonchev–Trinajstić information content (AvgIpc) is 2.70. The molecule has 1 N–H and O–H groups in total. The third-order valence-corrected chi connectivity index (χ3v) is 5.23. The van der Waals surface area contributed by atoms with Crippen molar-refractivity contribution < 1.29 is 19.6 Å². The molecule has 0 unspecified atom stereocenters. The Morgan fingerprint density at radius 1 is 1.11 bits per heavy atom. The lowest BCUT2D eigenvalue weighted by Gasteiger charge is -2.17. The summed E-state index contributed by atoms with van der Waals surface area (Å²) in [6, 6.07) is 17.2. The Morgan fingerprint density at radius 3 is 2.32 bits per heavy atom. The summed E-state index contributed by atoms with van der Waals surface area (Å²) in [6.45, 7) is 1.70. The quantitative estimate of drug-likeness (QED) is 0.362. The molecule has 0 atom stereocenters. The van der Waals surface area contributed by atoms with E-state index in [1.807, 2.05) is 30.3 Å². The number of hydrogen-bond donors (Lipinski definition) is 1. The molecule has 0 aliphatic carbocycles. The summed E-state index contributed by atoms with van der Waals surface area (Å²) in [5.41, 5.74) is 1.94. The molecule has 0 spiro atoms. The van der Waals surface area contributed by atoms with Crippen LogP contribution in [0.15, 0.2) is 70.5 Å². The van der Waals surface area contributed by atoms with Gasteiger partial charge in [-0.05, 0) is 36.2 Å². The molecular weight excluding hydrogens is 378 g/mol. The van der Waals surface area contributed by atoms with Gasteiger partial charge in [0, 0.05) is 27.5 Å². The van der Waals surface area contributed by atoms with Gasteiger partial charge in [0.15, 0.2) is 0 Å². The molecule has 0 amide bonds. The Kier molecular flexibility index (Phi) is 5.65. The predicted octanol–water partition coefficient (Wildman–Crippen LogP) is 5.21. The minimum atomic E-state index is -0.634. The zero-order valence-corrected chi connectivity index (χ0v) is 16.0. The van der Waals surface area contributed by atoms with Gasteiger partial charge in [-0.25, -0.2) is 4.79 Å². The van der Waals surface area contributed by atoms with Crippen molar-refractivity contribution in [2.75, 3.05) is 7.11 Å². The first-order chi connectivity index (χ1) is 13.4. The number of hydrogen-bond acceptors (Lipinski definition) is 6. The third-order valence-electron chi connectivity index (χ3n) is 4.18. The molecule has 0 saturated carbocycles. The number of esters is 1. The number of aryl methyl sites for hydroxylation is 1. The van der Waals surface area contributed by atoms with Gasteiger partial charge in [0.05, 0.1) is 12.0 Å². The van der Waals surface area contributed by atoms with Crippen LogP contribution >= 0.6 is 11.8 Å². The zero-order chi connectivity index (χ0) is 20.3.